The van der Waals surface area contributed by atoms with Crippen molar-refractivity contribution in [2.75, 3.05) is 36.0 Å². The molecule has 1 fully saturated rings. The number of rotatable bonds is 8. The van der Waals surface area contributed by atoms with Crippen LogP contribution in [0, 0.1) is 10.1 Å². The lowest BCUT2D eigenvalue weighted by atomic mass is 10.1. The fourth-order valence-electron chi connectivity index (χ4n) is 4.58. The van der Waals surface area contributed by atoms with Crippen molar-refractivity contribution in [1.82, 2.24) is 4.90 Å². The Morgan fingerprint density at radius 2 is 1.64 bits per heavy atom. The highest BCUT2D eigenvalue weighted by atomic mass is 35.5. The molecule has 11 heteroatoms. The van der Waals surface area contributed by atoms with Crippen LogP contribution in [0.3, 0.4) is 0 Å². The van der Waals surface area contributed by atoms with Gasteiger partial charge in [-0.3, -0.25) is 19.8 Å². The first-order valence-corrected chi connectivity index (χ1v) is 14.1. The number of halogens is 1. The second-order valence-electron chi connectivity index (χ2n) is 11.0. The van der Waals surface area contributed by atoms with Crippen LogP contribution in [0.1, 0.15) is 33.3 Å². The van der Waals surface area contributed by atoms with Gasteiger partial charge in [-0.2, -0.15) is 0 Å². The van der Waals surface area contributed by atoms with Crippen molar-refractivity contribution in [3.8, 4) is 5.75 Å². The highest BCUT2D eigenvalue weighted by Crippen LogP contribution is 2.35. The van der Waals surface area contributed by atoms with E-state index in [1.807, 2.05) is 31.7 Å². The van der Waals surface area contributed by atoms with Crippen LogP contribution >= 0.6 is 11.6 Å². The maximum atomic E-state index is 13.9. The largest absolute Gasteiger partial charge is 0.481 e. The molecule has 2 amide bonds. The zero-order valence-electron chi connectivity index (χ0n) is 24.2. The minimum atomic E-state index is -0.930. The molecule has 4 rings (SSSR count). The predicted octanol–water partition coefficient (Wildman–Crippen LogP) is 6.31. The number of benzene rings is 3. The van der Waals surface area contributed by atoms with Crippen molar-refractivity contribution >= 4 is 40.7 Å². The van der Waals surface area contributed by atoms with E-state index in [1.54, 1.807) is 72.5 Å². The summed E-state index contributed by atoms with van der Waals surface area (Å²) >= 11 is 6.08. The zero-order valence-corrected chi connectivity index (χ0v) is 24.9. The van der Waals surface area contributed by atoms with Gasteiger partial charge >= 0.3 is 6.09 Å². The topological polar surface area (TPSA) is 105 Å². The highest BCUT2D eigenvalue weighted by Gasteiger charge is 2.31. The maximum absolute atomic E-state index is 13.9. The number of carbonyl (C=O) groups excluding carboxylic acids is 2. The van der Waals surface area contributed by atoms with Gasteiger partial charge in [-0.05, 0) is 69.7 Å². The second kappa shape index (κ2) is 13.1. The molecule has 0 N–H and O–H groups in total. The Labute approximate surface area is 250 Å². The molecule has 1 saturated heterocycles. The quantitative estimate of drug-likeness (QED) is 0.222. The van der Waals surface area contributed by atoms with E-state index in [-0.39, 0.29) is 24.0 Å². The standard InChI is InChI=1S/C31H35ClN4O6/c1-22(41-26-8-6-5-7-9-26)29(37)35(21-23-10-12-24(32)13-11-23)28-20-25(14-15-27(28)36(39)40)33-16-18-34(19-17-33)30(38)42-31(2,3)4/h5-15,20,22H,16-19,21H2,1-4H3. The molecule has 1 heterocycles. The summed E-state index contributed by atoms with van der Waals surface area (Å²) in [6, 6.07) is 20.6. The number of nitro benzene ring substituents is 1. The Morgan fingerprint density at radius 3 is 2.24 bits per heavy atom. The molecule has 3 aromatic carbocycles. The van der Waals surface area contributed by atoms with Crippen molar-refractivity contribution in [2.45, 2.75) is 45.9 Å². The number of para-hydroxylation sites is 1. The van der Waals surface area contributed by atoms with E-state index < -0.39 is 22.5 Å². The lowest BCUT2D eigenvalue weighted by Crippen LogP contribution is -2.50. The van der Waals surface area contributed by atoms with Crippen LogP contribution < -0.4 is 14.5 Å². The Kier molecular flexibility index (Phi) is 9.57. The molecule has 10 nitrogen and oxygen atoms in total. The fraction of sp³-hybridized carbons (Fsp3) is 0.355. The van der Waals surface area contributed by atoms with Crippen molar-refractivity contribution in [1.29, 1.82) is 0 Å². The van der Waals surface area contributed by atoms with Gasteiger partial charge in [-0.1, -0.05) is 41.9 Å². The van der Waals surface area contributed by atoms with Crippen LogP contribution in [0.2, 0.25) is 5.02 Å². The van der Waals surface area contributed by atoms with Crippen LogP contribution in [0.25, 0.3) is 0 Å². The molecule has 0 aliphatic carbocycles. The van der Waals surface area contributed by atoms with E-state index in [2.05, 4.69) is 0 Å². The van der Waals surface area contributed by atoms with Gasteiger partial charge in [0.2, 0.25) is 0 Å². The lowest BCUT2D eigenvalue weighted by Gasteiger charge is -2.37. The lowest BCUT2D eigenvalue weighted by molar-refractivity contribution is -0.384. The Bertz CT molecular complexity index is 1400. The summed E-state index contributed by atoms with van der Waals surface area (Å²) in [7, 11) is 0. The second-order valence-corrected chi connectivity index (χ2v) is 11.4. The number of piperazine rings is 1. The van der Waals surface area contributed by atoms with Gasteiger partial charge in [-0.15, -0.1) is 0 Å². The summed E-state index contributed by atoms with van der Waals surface area (Å²) in [6.07, 6.45) is -1.31. The molecule has 0 aromatic heterocycles. The van der Waals surface area contributed by atoms with Crippen molar-refractivity contribution in [2.24, 2.45) is 0 Å². The van der Waals surface area contributed by atoms with E-state index in [0.29, 0.717) is 42.6 Å². The summed E-state index contributed by atoms with van der Waals surface area (Å²) in [5.74, 6) is 0.0692. The minimum absolute atomic E-state index is 0.0647. The number of anilines is 2. The summed E-state index contributed by atoms with van der Waals surface area (Å²) < 4.78 is 11.4. The molecule has 0 bridgehead atoms. The molecule has 0 radical (unpaired) electrons. The average Bonchev–Trinajstić information content (AvgIpc) is 2.96. The van der Waals surface area contributed by atoms with E-state index >= 15 is 0 Å². The third-order valence-electron chi connectivity index (χ3n) is 6.67. The molecule has 1 aliphatic heterocycles. The number of amides is 2. The van der Waals surface area contributed by atoms with Gasteiger partial charge in [0.15, 0.2) is 6.10 Å². The predicted molar refractivity (Wildman–Crippen MR) is 162 cm³/mol. The molecule has 1 aliphatic rings. The van der Waals surface area contributed by atoms with Gasteiger partial charge in [0.1, 0.15) is 17.0 Å². The van der Waals surface area contributed by atoms with E-state index in [4.69, 9.17) is 21.1 Å². The minimum Gasteiger partial charge on any atom is -0.481 e. The number of carbonyl (C=O) groups is 2. The van der Waals surface area contributed by atoms with Gasteiger partial charge in [0.25, 0.3) is 11.6 Å². The molecular formula is C31H35ClN4O6. The maximum Gasteiger partial charge on any atom is 0.410 e. The zero-order chi connectivity index (χ0) is 30.4. The fourth-order valence-corrected chi connectivity index (χ4v) is 4.71. The Hall–Kier alpha value is -4.31. The normalized spacial score (nSPS) is 14.2. The Balaban J connectivity index is 1.64. The number of nitrogens with zero attached hydrogens (tertiary/aromatic N) is 4. The van der Waals surface area contributed by atoms with Crippen LogP contribution in [0.4, 0.5) is 21.9 Å². The third kappa shape index (κ3) is 7.91. The van der Waals surface area contributed by atoms with E-state index in [1.165, 1.54) is 11.0 Å². The number of ether oxygens (including phenoxy) is 2. The van der Waals surface area contributed by atoms with Crippen LogP contribution in [0.15, 0.2) is 72.8 Å². The summed E-state index contributed by atoms with van der Waals surface area (Å²) in [4.78, 5) is 43.2. The first-order valence-electron chi connectivity index (χ1n) is 13.7. The average molecular weight is 595 g/mol. The van der Waals surface area contributed by atoms with Crippen molar-refractivity contribution < 1.29 is 24.0 Å². The van der Waals surface area contributed by atoms with Crippen LogP contribution in [0.5, 0.6) is 5.75 Å². The van der Waals surface area contributed by atoms with Gasteiger partial charge in [0.05, 0.1) is 11.5 Å². The summed E-state index contributed by atoms with van der Waals surface area (Å²) in [6.45, 7) is 9.00. The number of nitro groups is 1. The monoisotopic (exact) mass is 594 g/mol. The molecule has 0 spiro atoms. The Morgan fingerprint density at radius 1 is 1.00 bits per heavy atom. The van der Waals surface area contributed by atoms with Gasteiger partial charge < -0.3 is 19.3 Å². The first kappa shape index (κ1) is 30.6. The van der Waals surface area contributed by atoms with Crippen LogP contribution in [-0.4, -0.2) is 59.7 Å². The summed E-state index contributed by atoms with van der Waals surface area (Å²) in [5, 5.41) is 12.7. The molecule has 3 aromatic rings. The van der Waals surface area contributed by atoms with Gasteiger partial charge in [-0.25, -0.2) is 4.79 Å². The third-order valence-corrected chi connectivity index (χ3v) is 6.92. The van der Waals surface area contributed by atoms with E-state index in [0.717, 1.165) is 5.56 Å². The molecule has 0 saturated carbocycles. The molecule has 42 heavy (non-hydrogen) atoms. The van der Waals surface area contributed by atoms with Gasteiger partial charge in [0, 0.05) is 43.0 Å². The van der Waals surface area contributed by atoms with Crippen molar-refractivity contribution in [3.63, 3.8) is 0 Å². The highest BCUT2D eigenvalue weighted by molar-refractivity contribution is 6.30. The molecular weight excluding hydrogens is 560 g/mol. The molecule has 1 unspecified atom stereocenters. The summed E-state index contributed by atoms with van der Waals surface area (Å²) in [5.41, 5.74) is 0.786. The number of hydrogen-bond acceptors (Lipinski definition) is 7. The van der Waals surface area contributed by atoms with E-state index in [9.17, 15) is 19.7 Å². The molecule has 1 atom stereocenters. The number of hydrogen-bond donors (Lipinski definition) is 0. The SMILES string of the molecule is CC(Oc1ccccc1)C(=O)N(Cc1ccc(Cl)cc1)c1cc(N2CCN(C(=O)OC(C)(C)C)CC2)ccc1[N+](=O)[O-]. The first-order chi connectivity index (χ1) is 19.9. The van der Waals surface area contributed by atoms with Crippen LogP contribution in [-0.2, 0) is 16.1 Å². The molecule has 222 valence electrons. The smallest absolute Gasteiger partial charge is 0.410 e. The van der Waals surface area contributed by atoms with Crippen molar-refractivity contribution in [3.05, 3.63) is 93.5 Å².